The van der Waals surface area contributed by atoms with Crippen LogP contribution in [-0.4, -0.2) is 47.1 Å². The highest BCUT2D eigenvalue weighted by atomic mass is 32.2. The van der Waals surface area contributed by atoms with Gasteiger partial charge in [0.15, 0.2) is 5.76 Å². The van der Waals surface area contributed by atoms with E-state index < -0.39 is 10.0 Å². The summed E-state index contributed by atoms with van der Waals surface area (Å²) < 4.78 is 41.5. The number of carbonyl (C=O) groups excluding carboxylic acids is 1. The number of carbonyl (C=O) groups is 1. The number of likely N-dealkylation sites (tertiary alicyclic amines) is 1. The fourth-order valence-corrected chi connectivity index (χ4v) is 5.11. The second-order valence-corrected chi connectivity index (χ2v) is 8.26. The topological polar surface area (TPSA) is 105 Å². The van der Waals surface area contributed by atoms with Gasteiger partial charge >= 0.3 is 0 Å². The van der Waals surface area contributed by atoms with Gasteiger partial charge < -0.3 is 9.32 Å². The number of fused-ring (bicyclic) bond motifs is 1. The van der Waals surface area contributed by atoms with E-state index in [9.17, 15) is 13.2 Å². The summed E-state index contributed by atoms with van der Waals surface area (Å²) in [6.07, 6.45) is 2.54. The number of amides is 1. The highest BCUT2D eigenvalue weighted by Crippen LogP contribution is 2.22. The molecule has 0 unspecified atom stereocenters. The van der Waals surface area contributed by atoms with Crippen LogP contribution in [0.4, 0.5) is 0 Å². The lowest BCUT2D eigenvalue weighted by Crippen LogP contribution is -2.46. The fourth-order valence-electron chi connectivity index (χ4n) is 3.04. The van der Waals surface area contributed by atoms with Gasteiger partial charge in [-0.25, -0.2) is 13.1 Å². The molecule has 1 amide bonds. The summed E-state index contributed by atoms with van der Waals surface area (Å²) in [5.74, 6) is 0.126. The maximum absolute atomic E-state index is 12.7. The van der Waals surface area contributed by atoms with Gasteiger partial charge in [-0.15, -0.1) is 0 Å². The molecular weight excluding hydrogens is 376 g/mol. The van der Waals surface area contributed by atoms with Crippen LogP contribution in [0, 0.1) is 0 Å². The van der Waals surface area contributed by atoms with E-state index in [2.05, 4.69) is 13.5 Å². The van der Waals surface area contributed by atoms with Gasteiger partial charge in [0.25, 0.3) is 5.91 Å². The summed E-state index contributed by atoms with van der Waals surface area (Å²) in [6, 6.07) is 7.98. The van der Waals surface area contributed by atoms with E-state index in [1.807, 2.05) is 0 Å². The Morgan fingerprint density at radius 1 is 1.19 bits per heavy atom. The van der Waals surface area contributed by atoms with Gasteiger partial charge in [0.1, 0.15) is 15.9 Å². The summed E-state index contributed by atoms with van der Waals surface area (Å²) in [5.41, 5.74) is 0.951. The minimum Gasteiger partial charge on any atom is -0.459 e. The molecule has 26 heavy (non-hydrogen) atoms. The SMILES string of the molecule is O=C(c1ccco1)N1CCC(NS(=O)(=O)c2cccc3nsnc23)CC1. The quantitative estimate of drug-likeness (QED) is 0.727. The minimum absolute atomic E-state index is 0.137. The number of rotatable bonds is 4. The van der Waals surface area contributed by atoms with Crippen LogP contribution in [0.25, 0.3) is 11.0 Å². The molecule has 0 spiro atoms. The van der Waals surface area contributed by atoms with Gasteiger partial charge in [0, 0.05) is 19.1 Å². The van der Waals surface area contributed by atoms with Crippen molar-refractivity contribution in [1.82, 2.24) is 18.4 Å². The van der Waals surface area contributed by atoms with Crippen molar-refractivity contribution in [3.8, 4) is 0 Å². The zero-order valence-electron chi connectivity index (χ0n) is 13.7. The van der Waals surface area contributed by atoms with E-state index in [0.29, 0.717) is 42.7 Å². The van der Waals surface area contributed by atoms with Gasteiger partial charge in [0.2, 0.25) is 10.0 Å². The number of hydrogen-bond donors (Lipinski definition) is 1. The molecule has 3 heterocycles. The molecule has 2 aromatic heterocycles. The van der Waals surface area contributed by atoms with Crippen LogP contribution in [0.1, 0.15) is 23.4 Å². The molecule has 10 heteroatoms. The van der Waals surface area contributed by atoms with E-state index in [1.165, 1.54) is 12.3 Å². The predicted octanol–water partition coefficient (Wildman–Crippen LogP) is 1.87. The average Bonchev–Trinajstić information content (AvgIpc) is 3.32. The lowest BCUT2D eigenvalue weighted by atomic mass is 10.1. The van der Waals surface area contributed by atoms with Crippen LogP contribution in [0.5, 0.6) is 0 Å². The molecule has 0 bridgehead atoms. The number of nitrogens with zero attached hydrogens (tertiary/aromatic N) is 3. The Morgan fingerprint density at radius 3 is 2.73 bits per heavy atom. The largest absolute Gasteiger partial charge is 0.459 e. The van der Waals surface area contributed by atoms with Gasteiger partial charge in [-0.1, -0.05) is 6.07 Å². The maximum atomic E-state index is 12.7. The number of furan rings is 1. The zero-order chi connectivity index (χ0) is 18.1. The van der Waals surface area contributed by atoms with Gasteiger partial charge in [0.05, 0.1) is 18.0 Å². The Kier molecular flexibility index (Phi) is 4.47. The maximum Gasteiger partial charge on any atom is 0.289 e. The van der Waals surface area contributed by atoms with Crippen molar-refractivity contribution in [1.29, 1.82) is 0 Å². The van der Waals surface area contributed by atoms with Crippen LogP contribution in [0.3, 0.4) is 0 Å². The summed E-state index contributed by atoms with van der Waals surface area (Å²) in [6.45, 7) is 0.935. The molecule has 1 fully saturated rings. The first kappa shape index (κ1) is 17.1. The standard InChI is InChI=1S/C16H16N4O4S2/c21-16(13-4-2-10-24-13)20-8-6-11(7-9-20)19-26(22,23)14-5-1-3-12-15(14)18-25-17-12/h1-5,10-11,19H,6-9H2. The smallest absolute Gasteiger partial charge is 0.289 e. The van der Waals surface area contributed by atoms with Crippen LogP contribution >= 0.6 is 11.7 Å². The van der Waals surface area contributed by atoms with Crippen molar-refractivity contribution in [2.75, 3.05) is 13.1 Å². The lowest BCUT2D eigenvalue weighted by Gasteiger charge is -2.31. The molecule has 0 saturated carbocycles. The fraction of sp³-hybridized carbons (Fsp3) is 0.312. The Morgan fingerprint density at radius 2 is 2.00 bits per heavy atom. The number of sulfonamides is 1. The van der Waals surface area contributed by atoms with Gasteiger partial charge in [-0.05, 0) is 37.1 Å². The summed E-state index contributed by atoms with van der Waals surface area (Å²) >= 11 is 0.986. The van der Waals surface area contributed by atoms with Crippen molar-refractivity contribution in [3.63, 3.8) is 0 Å². The summed E-state index contributed by atoms with van der Waals surface area (Å²) in [5, 5.41) is 0. The number of aromatic nitrogens is 2. The molecular formula is C16H16N4O4S2. The second kappa shape index (κ2) is 6.78. The van der Waals surface area contributed by atoms with Crippen LogP contribution < -0.4 is 4.72 Å². The Labute approximate surface area is 154 Å². The number of benzene rings is 1. The first-order valence-corrected chi connectivity index (χ1v) is 10.3. The summed E-state index contributed by atoms with van der Waals surface area (Å²) in [7, 11) is -3.71. The minimum atomic E-state index is -3.71. The van der Waals surface area contributed by atoms with E-state index >= 15 is 0 Å². The monoisotopic (exact) mass is 392 g/mol. The normalized spacial score (nSPS) is 16.2. The van der Waals surface area contributed by atoms with E-state index in [1.54, 1.807) is 29.2 Å². The first-order chi connectivity index (χ1) is 12.5. The average molecular weight is 392 g/mol. The van der Waals surface area contributed by atoms with Crippen molar-refractivity contribution >= 4 is 38.7 Å². The van der Waals surface area contributed by atoms with Crippen LogP contribution in [-0.2, 0) is 10.0 Å². The Balaban J connectivity index is 1.44. The molecule has 4 rings (SSSR count). The van der Waals surface area contributed by atoms with Gasteiger partial charge in [-0.2, -0.15) is 8.75 Å². The molecule has 136 valence electrons. The van der Waals surface area contributed by atoms with Gasteiger partial charge in [-0.3, -0.25) is 4.79 Å². The number of hydrogen-bond acceptors (Lipinski definition) is 7. The Hall–Kier alpha value is -2.30. The first-order valence-electron chi connectivity index (χ1n) is 8.11. The molecule has 8 nitrogen and oxygen atoms in total. The molecule has 1 aliphatic heterocycles. The molecule has 1 N–H and O–H groups in total. The third-order valence-electron chi connectivity index (χ3n) is 4.37. The van der Waals surface area contributed by atoms with E-state index in [0.717, 1.165) is 11.7 Å². The summed E-state index contributed by atoms with van der Waals surface area (Å²) in [4.78, 5) is 14.1. The lowest BCUT2D eigenvalue weighted by molar-refractivity contribution is 0.0679. The Bertz CT molecular complexity index is 1020. The number of piperidine rings is 1. The molecule has 0 aliphatic carbocycles. The third kappa shape index (κ3) is 3.22. The molecule has 1 saturated heterocycles. The molecule has 1 aliphatic rings. The molecule has 0 atom stereocenters. The number of nitrogens with one attached hydrogen (secondary N) is 1. The van der Waals surface area contributed by atoms with Crippen LogP contribution in [0.15, 0.2) is 45.9 Å². The third-order valence-corrected chi connectivity index (χ3v) is 6.47. The zero-order valence-corrected chi connectivity index (χ0v) is 15.3. The predicted molar refractivity (Wildman–Crippen MR) is 95.4 cm³/mol. The van der Waals surface area contributed by atoms with E-state index in [4.69, 9.17) is 4.42 Å². The van der Waals surface area contributed by atoms with Crippen molar-refractivity contribution in [3.05, 3.63) is 42.4 Å². The van der Waals surface area contributed by atoms with Crippen molar-refractivity contribution < 1.29 is 17.6 Å². The second-order valence-electron chi connectivity index (χ2n) is 6.05. The molecule has 3 aromatic rings. The van der Waals surface area contributed by atoms with Crippen molar-refractivity contribution in [2.45, 2.75) is 23.8 Å². The van der Waals surface area contributed by atoms with Crippen molar-refractivity contribution in [2.24, 2.45) is 0 Å². The highest BCUT2D eigenvalue weighted by molar-refractivity contribution is 7.89. The van der Waals surface area contributed by atoms with Crippen LogP contribution in [0.2, 0.25) is 0 Å². The molecule has 1 aromatic carbocycles. The van der Waals surface area contributed by atoms with E-state index in [-0.39, 0.29) is 16.8 Å². The molecule has 0 radical (unpaired) electrons. The highest BCUT2D eigenvalue weighted by Gasteiger charge is 2.29.